The van der Waals surface area contributed by atoms with Crippen molar-refractivity contribution in [3.8, 4) is 0 Å². The Kier molecular flexibility index (Phi) is 3.25. The molecule has 1 heterocycles. The van der Waals surface area contributed by atoms with Crippen molar-refractivity contribution < 1.29 is 0 Å². The molecule has 0 bridgehead atoms. The lowest BCUT2D eigenvalue weighted by atomic mass is 10.0. The monoisotopic (exact) mass is 255 g/mol. The van der Waals surface area contributed by atoms with E-state index in [9.17, 15) is 0 Å². The first-order chi connectivity index (χ1) is 7.86. The molecule has 3 nitrogen and oxygen atoms in total. The zero-order valence-electron chi connectivity index (χ0n) is 11.1. The molecule has 96 valence electrons. The highest BCUT2D eigenvalue weighted by molar-refractivity contribution is 6.31. The summed E-state index contributed by atoms with van der Waals surface area (Å²) in [5, 5.41) is 5.22. The molecule has 0 aliphatic heterocycles. The van der Waals surface area contributed by atoms with E-state index in [0.29, 0.717) is 11.3 Å². The van der Waals surface area contributed by atoms with Gasteiger partial charge in [-0.15, -0.1) is 0 Å². The van der Waals surface area contributed by atoms with Crippen LogP contribution >= 0.6 is 11.6 Å². The third-order valence-electron chi connectivity index (χ3n) is 3.99. The Morgan fingerprint density at radius 1 is 1.59 bits per heavy atom. The van der Waals surface area contributed by atoms with Crippen LogP contribution in [0.1, 0.15) is 38.6 Å². The van der Waals surface area contributed by atoms with E-state index >= 15 is 0 Å². The Balaban J connectivity index is 2.13. The molecular weight excluding hydrogens is 234 g/mol. The fraction of sp³-hybridized carbons (Fsp3) is 0.769. The first-order valence-electron chi connectivity index (χ1n) is 6.34. The number of nitrogens with zero attached hydrogens (tertiary/aromatic N) is 2. The van der Waals surface area contributed by atoms with Crippen molar-refractivity contribution in [3.05, 3.63) is 16.4 Å². The van der Waals surface area contributed by atoms with Crippen molar-refractivity contribution >= 4 is 11.6 Å². The zero-order valence-corrected chi connectivity index (χ0v) is 11.9. The van der Waals surface area contributed by atoms with Gasteiger partial charge in [0.25, 0.3) is 0 Å². The normalized spacial score (nSPS) is 23.8. The standard InChI is InChI=1S/C13H22ClN3/c1-5-17-11(12(14)8(2)16-17)6-10(15)9-7-13(9,3)4/h9-10H,5-7,15H2,1-4H3. The highest BCUT2D eigenvalue weighted by atomic mass is 35.5. The summed E-state index contributed by atoms with van der Waals surface area (Å²) in [4.78, 5) is 0. The third-order valence-corrected chi connectivity index (χ3v) is 4.48. The van der Waals surface area contributed by atoms with Gasteiger partial charge in [0.15, 0.2) is 0 Å². The topological polar surface area (TPSA) is 43.8 Å². The fourth-order valence-corrected chi connectivity index (χ4v) is 2.88. The van der Waals surface area contributed by atoms with Crippen LogP contribution in [0.25, 0.3) is 0 Å². The molecule has 1 aromatic rings. The van der Waals surface area contributed by atoms with Gasteiger partial charge in [-0.1, -0.05) is 25.4 Å². The van der Waals surface area contributed by atoms with Gasteiger partial charge >= 0.3 is 0 Å². The summed E-state index contributed by atoms with van der Waals surface area (Å²) in [5.74, 6) is 0.624. The average Bonchev–Trinajstić information content (AvgIpc) is 2.82. The molecule has 17 heavy (non-hydrogen) atoms. The fourth-order valence-electron chi connectivity index (χ4n) is 2.67. The molecule has 0 amide bonds. The third kappa shape index (κ3) is 2.36. The molecule has 0 saturated heterocycles. The lowest BCUT2D eigenvalue weighted by Gasteiger charge is -2.14. The second kappa shape index (κ2) is 4.29. The minimum atomic E-state index is 0.198. The Morgan fingerprint density at radius 2 is 2.18 bits per heavy atom. The summed E-state index contributed by atoms with van der Waals surface area (Å²) in [7, 11) is 0. The van der Waals surface area contributed by atoms with Crippen LogP contribution in [0.4, 0.5) is 0 Å². The summed E-state index contributed by atoms with van der Waals surface area (Å²) in [5.41, 5.74) is 8.71. The van der Waals surface area contributed by atoms with Crippen LogP contribution in [0, 0.1) is 18.3 Å². The van der Waals surface area contributed by atoms with E-state index in [4.69, 9.17) is 17.3 Å². The SMILES string of the molecule is CCn1nc(C)c(Cl)c1CC(N)C1CC1(C)C. The molecule has 2 atom stereocenters. The predicted octanol–water partition coefficient (Wildman–Crippen LogP) is 2.78. The summed E-state index contributed by atoms with van der Waals surface area (Å²) in [6, 6.07) is 0.198. The minimum absolute atomic E-state index is 0.198. The van der Waals surface area contributed by atoms with E-state index in [-0.39, 0.29) is 6.04 Å². The molecule has 1 fully saturated rings. The van der Waals surface area contributed by atoms with Crippen molar-refractivity contribution in [2.24, 2.45) is 17.1 Å². The molecule has 2 unspecified atom stereocenters. The minimum Gasteiger partial charge on any atom is -0.327 e. The van der Waals surface area contributed by atoms with Crippen LogP contribution in [-0.4, -0.2) is 15.8 Å². The molecular formula is C13H22ClN3. The van der Waals surface area contributed by atoms with Gasteiger partial charge in [-0.05, 0) is 31.6 Å². The molecule has 1 saturated carbocycles. The van der Waals surface area contributed by atoms with Gasteiger partial charge in [0, 0.05) is 19.0 Å². The number of hydrogen-bond donors (Lipinski definition) is 1. The summed E-state index contributed by atoms with van der Waals surface area (Å²) >= 11 is 6.29. The second-order valence-corrected chi connectivity index (χ2v) is 6.21. The molecule has 2 rings (SSSR count). The van der Waals surface area contributed by atoms with E-state index < -0.39 is 0 Å². The van der Waals surface area contributed by atoms with Crippen LogP contribution in [0.3, 0.4) is 0 Å². The number of aryl methyl sites for hydroxylation is 2. The van der Waals surface area contributed by atoms with Crippen LogP contribution in [0.2, 0.25) is 5.02 Å². The van der Waals surface area contributed by atoms with Gasteiger partial charge < -0.3 is 5.73 Å². The highest BCUT2D eigenvalue weighted by Crippen LogP contribution is 2.53. The van der Waals surface area contributed by atoms with Gasteiger partial charge in [-0.2, -0.15) is 5.10 Å². The molecule has 1 aliphatic rings. The van der Waals surface area contributed by atoms with Crippen molar-refractivity contribution in [3.63, 3.8) is 0 Å². The van der Waals surface area contributed by atoms with Crippen molar-refractivity contribution in [2.45, 2.75) is 53.1 Å². The molecule has 2 N–H and O–H groups in total. The first-order valence-corrected chi connectivity index (χ1v) is 6.72. The van der Waals surface area contributed by atoms with E-state index in [1.165, 1.54) is 6.42 Å². The largest absolute Gasteiger partial charge is 0.327 e. The van der Waals surface area contributed by atoms with Crippen LogP contribution in [-0.2, 0) is 13.0 Å². The van der Waals surface area contributed by atoms with Crippen molar-refractivity contribution in [2.75, 3.05) is 0 Å². The quantitative estimate of drug-likeness (QED) is 0.899. The van der Waals surface area contributed by atoms with E-state index in [0.717, 1.165) is 29.4 Å². The van der Waals surface area contributed by atoms with Crippen LogP contribution in [0.5, 0.6) is 0 Å². The maximum absolute atomic E-state index is 6.29. The molecule has 1 aliphatic carbocycles. The maximum atomic E-state index is 6.29. The Labute approximate surface area is 108 Å². The average molecular weight is 256 g/mol. The van der Waals surface area contributed by atoms with E-state index in [1.807, 2.05) is 11.6 Å². The summed E-state index contributed by atoms with van der Waals surface area (Å²) in [6.45, 7) is 9.44. The lowest BCUT2D eigenvalue weighted by Crippen LogP contribution is -2.28. The van der Waals surface area contributed by atoms with Gasteiger partial charge in [0.1, 0.15) is 0 Å². The second-order valence-electron chi connectivity index (χ2n) is 5.83. The molecule has 0 spiro atoms. The molecule has 1 aromatic heterocycles. The van der Waals surface area contributed by atoms with Crippen LogP contribution < -0.4 is 5.73 Å². The van der Waals surface area contributed by atoms with Crippen molar-refractivity contribution in [1.82, 2.24) is 9.78 Å². The molecule has 0 radical (unpaired) electrons. The van der Waals surface area contributed by atoms with Gasteiger partial charge in [-0.25, -0.2) is 0 Å². The van der Waals surface area contributed by atoms with E-state index in [1.54, 1.807) is 0 Å². The molecule has 0 aromatic carbocycles. The van der Waals surface area contributed by atoms with Crippen LogP contribution in [0.15, 0.2) is 0 Å². The lowest BCUT2D eigenvalue weighted by molar-refractivity contribution is 0.463. The van der Waals surface area contributed by atoms with E-state index in [2.05, 4.69) is 25.9 Å². The first kappa shape index (κ1) is 12.9. The maximum Gasteiger partial charge on any atom is 0.0847 e. The number of halogens is 1. The Hall–Kier alpha value is -0.540. The van der Waals surface area contributed by atoms with Gasteiger partial charge in [-0.3, -0.25) is 4.68 Å². The summed E-state index contributed by atoms with van der Waals surface area (Å²) < 4.78 is 1.98. The predicted molar refractivity (Wildman–Crippen MR) is 71.2 cm³/mol. The highest BCUT2D eigenvalue weighted by Gasteiger charge is 2.49. The van der Waals surface area contributed by atoms with Gasteiger partial charge in [0.2, 0.25) is 0 Å². The number of hydrogen-bond acceptors (Lipinski definition) is 2. The smallest absolute Gasteiger partial charge is 0.0847 e. The van der Waals surface area contributed by atoms with Crippen molar-refractivity contribution in [1.29, 1.82) is 0 Å². The Bertz CT molecular complexity index is 423. The zero-order chi connectivity index (χ0) is 12.8. The Morgan fingerprint density at radius 3 is 2.65 bits per heavy atom. The number of nitrogens with two attached hydrogens (primary N) is 1. The number of aromatic nitrogens is 2. The number of rotatable bonds is 4. The molecule has 4 heteroatoms. The summed E-state index contributed by atoms with van der Waals surface area (Å²) in [6.07, 6.45) is 2.06. The van der Waals surface area contributed by atoms with Gasteiger partial charge in [0.05, 0.1) is 16.4 Å².